The van der Waals surface area contributed by atoms with Crippen molar-refractivity contribution in [3.05, 3.63) is 28.8 Å². The molecule has 0 atom stereocenters. The van der Waals surface area contributed by atoms with Crippen LogP contribution < -0.4 is 5.48 Å². The van der Waals surface area contributed by atoms with Crippen LogP contribution in [0, 0.1) is 0 Å². The van der Waals surface area contributed by atoms with Crippen molar-refractivity contribution in [3.8, 4) is 5.75 Å². The van der Waals surface area contributed by atoms with Gasteiger partial charge in [0.15, 0.2) is 0 Å². The van der Waals surface area contributed by atoms with Crippen LogP contribution in [0.3, 0.4) is 0 Å². The Morgan fingerprint density at radius 3 is 2.62 bits per heavy atom. The zero-order chi connectivity index (χ0) is 12.3. The fraction of sp³-hybridized carbons (Fsp3) is 0.364. The number of carbonyl (C=O) groups is 1. The molecule has 88 valence electrons. The summed E-state index contributed by atoms with van der Waals surface area (Å²) in [5.74, 6) is -0.513. The maximum Gasteiger partial charge on any atom is 0.276 e. The Kier molecular flexibility index (Phi) is 3.78. The molecule has 0 spiro atoms. The van der Waals surface area contributed by atoms with Crippen molar-refractivity contribution in [1.82, 2.24) is 5.48 Å². The normalized spacial score (nSPS) is 11.2. The van der Waals surface area contributed by atoms with Gasteiger partial charge in [-0.1, -0.05) is 11.6 Å². The van der Waals surface area contributed by atoms with E-state index >= 15 is 0 Å². The highest BCUT2D eigenvalue weighted by atomic mass is 35.5. The van der Waals surface area contributed by atoms with Gasteiger partial charge in [0.2, 0.25) is 0 Å². The van der Waals surface area contributed by atoms with E-state index in [1.54, 1.807) is 20.8 Å². The van der Waals surface area contributed by atoms with Crippen molar-refractivity contribution in [2.45, 2.75) is 26.4 Å². The first-order valence-corrected chi connectivity index (χ1v) is 5.14. The van der Waals surface area contributed by atoms with Gasteiger partial charge in [-0.3, -0.25) is 9.63 Å². The molecule has 16 heavy (non-hydrogen) atoms. The number of benzene rings is 1. The van der Waals surface area contributed by atoms with Gasteiger partial charge in [-0.25, -0.2) is 5.48 Å². The van der Waals surface area contributed by atoms with E-state index in [1.165, 1.54) is 18.2 Å². The molecule has 0 saturated heterocycles. The minimum absolute atomic E-state index is 0.0229. The highest BCUT2D eigenvalue weighted by Gasteiger charge is 2.16. The molecule has 0 saturated carbocycles. The van der Waals surface area contributed by atoms with Gasteiger partial charge in [0.05, 0.1) is 16.2 Å². The molecule has 1 aromatic carbocycles. The van der Waals surface area contributed by atoms with E-state index in [9.17, 15) is 9.90 Å². The molecule has 0 heterocycles. The number of carbonyl (C=O) groups excluding carboxylic acids is 1. The first-order chi connectivity index (χ1) is 7.29. The molecule has 1 aromatic rings. The second-order valence-electron chi connectivity index (χ2n) is 4.31. The van der Waals surface area contributed by atoms with E-state index in [2.05, 4.69) is 5.48 Å². The largest absolute Gasteiger partial charge is 0.508 e. The molecular formula is C11H14ClNO3. The molecule has 1 amide bonds. The van der Waals surface area contributed by atoms with Crippen LogP contribution in [0.15, 0.2) is 18.2 Å². The lowest BCUT2D eigenvalue weighted by molar-refractivity contribution is -0.0589. The quantitative estimate of drug-likeness (QED) is 0.785. The summed E-state index contributed by atoms with van der Waals surface area (Å²) in [6, 6.07) is 4.14. The van der Waals surface area contributed by atoms with Crippen LogP contribution in [0.2, 0.25) is 5.02 Å². The van der Waals surface area contributed by atoms with Crippen molar-refractivity contribution >= 4 is 17.5 Å². The summed E-state index contributed by atoms with van der Waals surface area (Å²) in [6.45, 7) is 5.41. The van der Waals surface area contributed by atoms with Crippen molar-refractivity contribution < 1.29 is 14.7 Å². The molecule has 0 aromatic heterocycles. The second-order valence-corrected chi connectivity index (χ2v) is 4.72. The Balaban J connectivity index is 2.77. The van der Waals surface area contributed by atoms with Gasteiger partial charge in [0, 0.05) is 0 Å². The number of hydroxylamine groups is 1. The van der Waals surface area contributed by atoms with E-state index in [4.69, 9.17) is 16.4 Å². The third-order valence-corrected chi connectivity index (χ3v) is 1.97. The van der Waals surface area contributed by atoms with Crippen LogP contribution in [-0.2, 0) is 4.84 Å². The van der Waals surface area contributed by atoms with Gasteiger partial charge in [-0.05, 0) is 39.0 Å². The summed E-state index contributed by atoms with van der Waals surface area (Å²) in [5.41, 5.74) is 1.96. The lowest BCUT2D eigenvalue weighted by atomic mass is 10.2. The molecule has 0 aliphatic heterocycles. The first-order valence-electron chi connectivity index (χ1n) is 4.76. The van der Waals surface area contributed by atoms with Crippen LogP contribution in [-0.4, -0.2) is 16.6 Å². The zero-order valence-electron chi connectivity index (χ0n) is 9.37. The number of phenols is 1. The highest BCUT2D eigenvalue weighted by molar-refractivity contribution is 6.33. The van der Waals surface area contributed by atoms with E-state index in [0.29, 0.717) is 0 Å². The number of halogens is 1. The van der Waals surface area contributed by atoms with Crippen molar-refractivity contribution in [2.75, 3.05) is 0 Å². The van der Waals surface area contributed by atoms with Crippen molar-refractivity contribution in [2.24, 2.45) is 0 Å². The van der Waals surface area contributed by atoms with Crippen LogP contribution in [0.5, 0.6) is 5.75 Å². The predicted octanol–water partition coefficient (Wildman–Crippen LogP) is 2.51. The lowest BCUT2D eigenvalue weighted by Gasteiger charge is -2.19. The van der Waals surface area contributed by atoms with Gasteiger partial charge in [-0.2, -0.15) is 0 Å². The fourth-order valence-electron chi connectivity index (χ4n) is 0.942. The van der Waals surface area contributed by atoms with E-state index in [-0.39, 0.29) is 16.3 Å². The maximum absolute atomic E-state index is 11.6. The van der Waals surface area contributed by atoms with Crippen molar-refractivity contribution in [3.63, 3.8) is 0 Å². The Hall–Kier alpha value is -1.26. The van der Waals surface area contributed by atoms with Gasteiger partial charge in [0.25, 0.3) is 5.91 Å². The SMILES string of the molecule is CC(C)(C)ONC(=O)c1cc(O)ccc1Cl. The Labute approximate surface area is 99.1 Å². The highest BCUT2D eigenvalue weighted by Crippen LogP contribution is 2.21. The average molecular weight is 244 g/mol. The molecular weight excluding hydrogens is 230 g/mol. The number of hydrogen-bond donors (Lipinski definition) is 2. The second kappa shape index (κ2) is 4.72. The minimum Gasteiger partial charge on any atom is -0.508 e. The topological polar surface area (TPSA) is 58.6 Å². The lowest BCUT2D eigenvalue weighted by Crippen LogP contribution is -2.33. The Bertz CT molecular complexity index is 399. The summed E-state index contributed by atoms with van der Waals surface area (Å²) >= 11 is 5.81. The minimum atomic E-state index is -0.490. The Morgan fingerprint density at radius 1 is 1.44 bits per heavy atom. The van der Waals surface area contributed by atoms with Gasteiger partial charge < -0.3 is 5.11 Å². The van der Waals surface area contributed by atoms with Crippen LogP contribution in [0.4, 0.5) is 0 Å². The zero-order valence-corrected chi connectivity index (χ0v) is 10.1. The number of amides is 1. The summed E-state index contributed by atoms with van der Waals surface area (Å²) in [7, 11) is 0. The third-order valence-electron chi connectivity index (χ3n) is 1.64. The summed E-state index contributed by atoms with van der Waals surface area (Å²) in [5, 5.41) is 9.49. The predicted molar refractivity (Wildman–Crippen MR) is 61.4 cm³/mol. The number of rotatable bonds is 2. The molecule has 2 N–H and O–H groups in total. The van der Waals surface area contributed by atoms with Gasteiger partial charge >= 0.3 is 0 Å². The van der Waals surface area contributed by atoms with Crippen LogP contribution in [0.1, 0.15) is 31.1 Å². The number of aromatic hydroxyl groups is 1. The summed E-state index contributed by atoms with van der Waals surface area (Å²) in [4.78, 5) is 16.7. The smallest absolute Gasteiger partial charge is 0.276 e. The van der Waals surface area contributed by atoms with Gasteiger partial charge in [-0.15, -0.1) is 0 Å². The standard InChI is InChI=1S/C11H14ClNO3/c1-11(2,3)16-13-10(15)8-6-7(14)4-5-9(8)12/h4-6,14H,1-3H3,(H,13,15). The molecule has 0 aliphatic rings. The summed E-state index contributed by atoms with van der Waals surface area (Å²) in [6.07, 6.45) is 0. The van der Waals surface area contributed by atoms with E-state index in [0.717, 1.165) is 0 Å². The maximum atomic E-state index is 11.6. The molecule has 0 fully saturated rings. The van der Waals surface area contributed by atoms with E-state index < -0.39 is 11.5 Å². The third kappa shape index (κ3) is 3.72. The summed E-state index contributed by atoms with van der Waals surface area (Å²) < 4.78 is 0. The first kappa shape index (κ1) is 12.8. The molecule has 0 aliphatic carbocycles. The molecule has 1 rings (SSSR count). The number of phenolic OH excluding ortho intramolecular Hbond substituents is 1. The van der Waals surface area contributed by atoms with Crippen LogP contribution >= 0.6 is 11.6 Å². The molecule has 0 unspecified atom stereocenters. The van der Waals surface area contributed by atoms with Crippen LogP contribution in [0.25, 0.3) is 0 Å². The number of hydrogen-bond acceptors (Lipinski definition) is 3. The molecule has 0 bridgehead atoms. The van der Waals surface area contributed by atoms with E-state index in [1.807, 2.05) is 0 Å². The molecule has 4 nitrogen and oxygen atoms in total. The molecule has 5 heteroatoms. The monoisotopic (exact) mass is 243 g/mol. The molecule has 0 radical (unpaired) electrons. The average Bonchev–Trinajstić information content (AvgIpc) is 2.17. The Morgan fingerprint density at radius 2 is 2.06 bits per heavy atom. The van der Waals surface area contributed by atoms with Crippen molar-refractivity contribution in [1.29, 1.82) is 0 Å². The number of nitrogens with one attached hydrogen (secondary N) is 1. The van der Waals surface area contributed by atoms with Gasteiger partial charge in [0.1, 0.15) is 5.75 Å². The fourth-order valence-corrected chi connectivity index (χ4v) is 1.15.